The molecule has 0 bridgehead atoms. The molecule has 0 fully saturated rings. The lowest BCUT2D eigenvalue weighted by molar-refractivity contribution is -0.0370. The second-order valence-corrected chi connectivity index (χ2v) is 4.43. The molecule has 0 saturated carbocycles. The summed E-state index contributed by atoms with van der Waals surface area (Å²) in [6.07, 6.45) is -17.4. The quantitative estimate of drug-likeness (QED) is 0.575. The molecule has 0 aliphatic carbocycles. The highest BCUT2D eigenvalue weighted by Gasteiger charge is 2.41. The van der Waals surface area contributed by atoms with Crippen LogP contribution in [0.5, 0.6) is 0 Å². The molecule has 4 nitrogen and oxygen atoms in total. The first kappa shape index (κ1) is 18.8. The number of hydrogen-bond donors (Lipinski definition) is 2. The van der Waals surface area contributed by atoms with Crippen LogP contribution < -0.4 is 6.15 Å². The zero-order valence-electron chi connectivity index (χ0n) is 8.24. The summed E-state index contributed by atoms with van der Waals surface area (Å²) < 4.78 is 101. The van der Waals surface area contributed by atoms with Crippen LogP contribution in [0.2, 0.25) is 0 Å². The van der Waals surface area contributed by atoms with E-state index in [9.17, 15) is 34.8 Å². The summed E-state index contributed by atoms with van der Waals surface area (Å²) in [4.78, 5) is 0. The molecule has 17 heavy (non-hydrogen) atoms. The average molecular weight is 291 g/mol. The minimum Gasteiger partial charge on any atom is -0.344 e. The zero-order chi connectivity index (χ0) is 13.1. The smallest absolute Gasteiger partial charge is 0.272 e. The Hall–Kier alpha value is -0.550. The van der Waals surface area contributed by atoms with Crippen LogP contribution in [0.15, 0.2) is 0 Å². The first-order valence-electron chi connectivity index (χ1n) is 3.86. The Bertz CT molecular complexity index is 313. The maximum Gasteiger partial charge on any atom is 0.272 e. The van der Waals surface area contributed by atoms with Gasteiger partial charge in [-0.25, -0.2) is 26.3 Å². The Labute approximate surface area is 93.3 Å². The van der Waals surface area contributed by atoms with Gasteiger partial charge < -0.3 is 6.15 Å². The number of rotatable bonds is 6. The average Bonchev–Trinajstić information content (AvgIpc) is 2.11. The van der Waals surface area contributed by atoms with Gasteiger partial charge in [-0.05, 0) is 0 Å². The third kappa shape index (κ3) is 6.68. The third-order valence-electron chi connectivity index (χ3n) is 1.56. The van der Waals surface area contributed by atoms with Gasteiger partial charge in [-0.2, -0.15) is 8.42 Å². The minimum absolute atomic E-state index is 0. The van der Waals surface area contributed by atoms with E-state index in [0.29, 0.717) is 0 Å². The van der Waals surface area contributed by atoms with Crippen LogP contribution >= 0.6 is 0 Å². The van der Waals surface area contributed by atoms with Gasteiger partial charge in [0, 0.05) is 0 Å². The van der Waals surface area contributed by atoms with E-state index in [2.05, 4.69) is 0 Å². The van der Waals surface area contributed by atoms with Crippen molar-refractivity contribution < 1.29 is 39.3 Å². The van der Waals surface area contributed by atoms with E-state index in [1.165, 1.54) is 0 Å². The Balaban J connectivity index is 0. The van der Waals surface area contributed by atoms with Crippen molar-refractivity contribution in [2.45, 2.75) is 31.1 Å². The van der Waals surface area contributed by atoms with E-state index in [0.717, 1.165) is 0 Å². The van der Waals surface area contributed by atoms with Gasteiger partial charge >= 0.3 is 0 Å². The first-order valence-corrected chi connectivity index (χ1v) is 5.46. The van der Waals surface area contributed by atoms with Crippen LogP contribution in [0.1, 0.15) is 0 Å². The summed E-state index contributed by atoms with van der Waals surface area (Å²) in [6.45, 7) is 0. The fourth-order valence-corrected chi connectivity index (χ4v) is 1.39. The molecule has 0 aliphatic rings. The van der Waals surface area contributed by atoms with Gasteiger partial charge in [0.1, 0.15) is 5.75 Å². The molecule has 0 spiro atoms. The summed E-state index contributed by atoms with van der Waals surface area (Å²) in [5.74, 6) is -1.83. The van der Waals surface area contributed by atoms with Gasteiger partial charge in [-0.15, -0.1) is 0 Å². The van der Waals surface area contributed by atoms with Crippen molar-refractivity contribution in [3.05, 3.63) is 0 Å². The van der Waals surface area contributed by atoms with E-state index < -0.39 is 47.0 Å². The van der Waals surface area contributed by atoms with Crippen molar-refractivity contribution in [2.75, 3.05) is 5.75 Å². The summed E-state index contributed by atoms with van der Waals surface area (Å²) in [7, 11) is -4.94. The minimum atomic E-state index is -4.94. The molecule has 0 heterocycles. The molecule has 4 N–H and O–H groups in total. The molecular formula is C6H11F6NO3S. The lowest BCUT2D eigenvalue weighted by Gasteiger charge is -2.19. The van der Waals surface area contributed by atoms with Crippen molar-refractivity contribution in [1.29, 1.82) is 0 Å². The van der Waals surface area contributed by atoms with Crippen LogP contribution in [0.25, 0.3) is 0 Å². The van der Waals surface area contributed by atoms with Crippen LogP contribution in [-0.2, 0) is 10.1 Å². The molecular weight excluding hydrogens is 280 g/mol. The molecule has 4 atom stereocenters. The second kappa shape index (κ2) is 7.01. The zero-order valence-corrected chi connectivity index (χ0v) is 9.06. The molecule has 0 rings (SSSR count). The monoisotopic (exact) mass is 291 g/mol. The molecule has 0 radical (unpaired) electrons. The highest BCUT2D eigenvalue weighted by Crippen LogP contribution is 2.22. The molecule has 0 aromatic rings. The summed E-state index contributed by atoms with van der Waals surface area (Å²) in [5.41, 5.74) is 0. The number of alkyl halides is 6. The Morgan fingerprint density at radius 2 is 1.29 bits per heavy atom. The molecule has 0 saturated heterocycles. The summed E-state index contributed by atoms with van der Waals surface area (Å²) in [5, 5.41) is 0. The van der Waals surface area contributed by atoms with E-state index >= 15 is 0 Å². The highest BCUT2D eigenvalue weighted by atomic mass is 32.2. The molecule has 0 amide bonds. The standard InChI is InChI=1S/C6H8F6O3S.H3N/c7-2(1-16(13,14)15)3(8)4(9)5(10)6(11)12;/h2-6H,1H2,(H,13,14,15);1H3. The maximum absolute atomic E-state index is 12.6. The predicted octanol–water partition coefficient (Wildman–Crippen LogP) is 1.65. The second-order valence-electron chi connectivity index (χ2n) is 2.93. The first-order chi connectivity index (χ1) is 7.06. The van der Waals surface area contributed by atoms with Gasteiger partial charge in [0.05, 0.1) is 0 Å². The van der Waals surface area contributed by atoms with Crippen LogP contribution in [0.4, 0.5) is 26.3 Å². The van der Waals surface area contributed by atoms with Gasteiger partial charge in [-0.3, -0.25) is 4.55 Å². The summed E-state index contributed by atoms with van der Waals surface area (Å²) in [6, 6.07) is 0. The van der Waals surface area contributed by atoms with Gasteiger partial charge in [0.15, 0.2) is 24.7 Å². The lowest BCUT2D eigenvalue weighted by Crippen LogP contribution is -2.40. The van der Waals surface area contributed by atoms with E-state index in [1.807, 2.05) is 0 Å². The third-order valence-corrected chi connectivity index (χ3v) is 2.30. The fourth-order valence-electron chi connectivity index (χ4n) is 0.807. The molecule has 106 valence electrons. The molecule has 0 aliphatic heterocycles. The maximum atomic E-state index is 12.6. The molecule has 0 aromatic carbocycles. The summed E-state index contributed by atoms with van der Waals surface area (Å²) >= 11 is 0. The predicted molar refractivity (Wildman–Crippen MR) is 47.0 cm³/mol. The molecule has 0 aromatic heterocycles. The van der Waals surface area contributed by atoms with Gasteiger partial charge in [-0.1, -0.05) is 0 Å². The van der Waals surface area contributed by atoms with Crippen molar-refractivity contribution in [1.82, 2.24) is 6.15 Å². The Morgan fingerprint density at radius 3 is 1.59 bits per heavy atom. The van der Waals surface area contributed by atoms with Gasteiger partial charge in [0.25, 0.3) is 16.5 Å². The van der Waals surface area contributed by atoms with E-state index in [-0.39, 0.29) is 6.15 Å². The lowest BCUT2D eigenvalue weighted by atomic mass is 10.1. The van der Waals surface area contributed by atoms with Crippen molar-refractivity contribution >= 4 is 10.1 Å². The SMILES string of the molecule is N.O=S(=O)(O)CC(F)C(F)C(F)C(F)C(F)F. The van der Waals surface area contributed by atoms with Crippen LogP contribution in [0, 0.1) is 0 Å². The van der Waals surface area contributed by atoms with E-state index in [4.69, 9.17) is 4.55 Å². The number of hydrogen-bond acceptors (Lipinski definition) is 3. The Morgan fingerprint density at radius 1 is 0.882 bits per heavy atom. The highest BCUT2D eigenvalue weighted by molar-refractivity contribution is 7.85. The Kier molecular flexibility index (Phi) is 7.76. The molecule has 11 heteroatoms. The van der Waals surface area contributed by atoms with Gasteiger partial charge in [0.2, 0.25) is 0 Å². The fraction of sp³-hybridized carbons (Fsp3) is 1.00. The van der Waals surface area contributed by atoms with Crippen LogP contribution in [-0.4, -0.2) is 49.8 Å². The van der Waals surface area contributed by atoms with Crippen LogP contribution in [0.3, 0.4) is 0 Å². The van der Waals surface area contributed by atoms with E-state index in [1.54, 1.807) is 0 Å². The van der Waals surface area contributed by atoms with Crippen molar-refractivity contribution in [3.8, 4) is 0 Å². The largest absolute Gasteiger partial charge is 0.344 e. The topological polar surface area (TPSA) is 89.4 Å². The normalized spacial score (nSPS) is 19.3. The van der Waals surface area contributed by atoms with Crippen molar-refractivity contribution in [2.24, 2.45) is 0 Å². The number of halogens is 6. The van der Waals surface area contributed by atoms with Crippen molar-refractivity contribution in [3.63, 3.8) is 0 Å². The molecule has 4 unspecified atom stereocenters.